The molecular formula is C12H17ClFNO2S. The number of sulfonamides is 1. The largest absolute Gasteiger partial charge is 0.240 e. The zero-order valence-corrected chi connectivity index (χ0v) is 11.8. The standard InChI is InChI=1S/C12H17ClFNO2S/c1-2-10(7-8-13)9-15-18(16,17)12-5-3-11(14)4-6-12/h3-6,10,15H,2,7-9H2,1H3. The van der Waals surface area contributed by atoms with Crippen LogP contribution in [0.15, 0.2) is 29.2 Å². The molecule has 1 atom stereocenters. The van der Waals surface area contributed by atoms with Crippen molar-refractivity contribution in [3.05, 3.63) is 30.1 Å². The molecule has 0 spiro atoms. The lowest BCUT2D eigenvalue weighted by Gasteiger charge is -2.14. The van der Waals surface area contributed by atoms with Gasteiger partial charge in [0.25, 0.3) is 0 Å². The van der Waals surface area contributed by atoms with E-state index in [1.807, 2.05) is 6.92 Å². The third-order valence-electron chi connectivity index (χ3n) is 2.78. The van der Waals surface area contributed by atoms with Crippen molar-refractivity contribution in [2.45, 2.75) is 24.7 Å². The summed E-state index contributed by atoms with van der Waals surface area (Å²) in [5, 5.41) is 0. The van der Waals surface area contributed by atoms with Crippen molar-refractivity contribution in [3.63, 3.8) is 0 Å². The first kappa shape index (κ1) is 15.4. The van der Waals surface area contributed by atoms with Crippen LogP contribution < -0.4 is 4.72 Å². The van der Waals surface area contributed by atoms with Crippen LogP contribution in [0.5, 0.6) is 0 Å². The predicted octanol–water partition coefficient (Wildman–Crippen LogP) is 2.76. The summed E-state index contributed by atoms with van der Waals surface area (Å²) in [5.74, 6) is 0.275. The van der Waals surface area contributed by atoms with E-state index in [9.17, 15) is 12.8 Å². The summed E-state index contributed by atoms with van der Waals surface area (Å²) < 4.78 is 39.0. The zero-order chi connectivity index (χ0) is 13.6. The molecule has 0 amide bonds. The monoisotopic (exact) mass is 293 g/mol. The molecule has 0 aromatic heterocycles. The summed E-state index contributed by atoms with van der Waals surface area (Å²) in [6.45, 7) is 2.34. The van der Waals surface area contributed by atoms with E-state index in [0.717, 1.165) is 25.0 Å². The average molecular weight is 294 g/mol. The van der Waals surface area contributed by atoms with Gasteiger partial charge in [-0.2, -0.15) is 0 Å². The second-order valence-corrected chi connectivity index (χ2v) is 6.20. The van der Waals surface area contributed by atoms with Crippen molar-refractivity contribution in [2.75, 3.05) is 12.4 Å². The van der Waals surface area contributed by atoms with Gasteiger partial charge in [0, 0.05) is 12.4 Å². The lowest BCUT2D eigenvalue weighted by Crippen LogP contribution is -2.29. The normalized spacial score (nSPS) is 13.5. The minimum absolute atomic E-state index is 0.0737. The molecule has 1 N–H and O–H groups in total. The van der Waals surface area contributed by atoms with E-state index in [0.29, 0.717) is 12.4 Å². The van der Waals surface area contributed by atoms with Crippen LogP contribution in [0.25, 0.3) is 0 Å². The number of hydrogen-bond donors (Lipinski definition) is 1. The van der Waals surface area contributed by atoms with E-state index < -0.39 is 15.8 Å². The van der Waals surface area contributed by atoms with Gasteiger partial charge in [-0.3, -0.25) is 0 Å². The van der Waals surface area contributed by atoms with Gasteiger partial charge in [0.05, 0.1) is 4.90 Å². The Bertz CT molecular complexity index is 461. The third kappa shape index (κ3) is 4.55. The van der Waals surface area contributed by atoms with Gasteiger partial charge >= 0.3 is 0 Å². The van der Waals surface area contributed by atoms with Gasteiger partial charge in [-0.05, 0) is 36.6 Å². The molecule has 0 radical (unpaired) electrons. The first-order valence-electron chi connectivity index (χ1n) is 5.80. The molecule has 0 heterocycles. The fourth-order valence-corrected chi connectivity index (χ4v) is 2.95. The summed E-state index contributed by atoms with van der Waals surface area (Å²) in [6.07, 6.45) is 1.63. The number of hydrogen-bond acceptors (Lipinski definition) is 2. The van der Waals surface area contributed by atoms with Crippen LogP contribution in [0.2, 0.25) is 0 Å². The summed E-state index contributed by atoms with van der Waals surface area (Å²) in [4.78, 5) is 0.0737. The highest BCUT2D eigenvalue weighted by Crippen LogP contribution is 2.12. The van der Waals surface area contributed by atoms with Crippen LogP contribution in [0, 0.1) is 11.7 Å². The van der Waals surface area contributed by atoms with E-state index >= 15 is 0 Å². The summed E-state index contributed by atoms with van der Waals surface area (Å²) in [5.41, 5.74) is 0. The van der Waals surface area contributed by atoms with E-state index in [2.05, 4.69) is 4.72 Å². The smallest absolute Gasteiger partial charge is 0.211 e. The minimum Gasteiger partial charge on any atom is -0.211 e. The third-order valence-corrected chi connectivity index (χ3v) is 4.44. The van der Waals surface area contributed by atoms with Crippen LogP contribution in [0.1, 0.15) is 19.8 Å². The molecule has 0 bridgehead atoms. The van der Waals surface area contributed by atoms with Crippen LogP contribution in [-0.2, 0) is 10.0 Å². The van der Waals surface area contributed by atoms with Gasteiger partial charge in [0.2, 0.25) is 10.0 Å². The Balaban J connectivity index is 2.67. The number of alkyl halides is 1. The van der Waals surface area contributed by atoms with Crippen molar-refractivity contribution in [2.24, 2.45) is 5.92 Å². The molecule has 1 unspecified atom stereocenters. The average Bonchev–Trinajstić information content (AvgIpc) is 2.35. The summed E-state index contributed by atoms with van der Waals surface area (Å²) in [7, 11) is -3.56. The fourth-order valence-electron chi connectivity index (χ4n) is 1.53. The molecule has 0 fully saturated rings. The summed E-state index contributed by atoms with van der Waals surface area (Å²) >= 11 is 5.64. The molecule has 1 rings (SSSR count). The van der Waals surface area contributed by atoms with Crippen LogP contribution in [0.4, 0.5) is 4.39 Å². The topological polar surface area (TPSA) is 46.2 Å². The van der Waals surface area contributed by atoms with Gasteiger partial charge in [-0.25, -0.2) is 17.5 Å². The first-order chi connectivity index (χ1) is 8.49. The Morgan fingerprint density at radius 3 is 2.44 bits per heavy atom. The maximum atomic E-state index is 12.7. The molecule has 102 valence electrons. The van der Waals surface area contributed by atoms with Gasteiger partial charge in [0.1, 0.15) is 5.82 Å². The van der Waals surface area contributed by atoms with Gasteiger partial charge in [-0.15, -0.1) is 11.6 Å². The minimum atomic E-state index is -3.56. The molecule has 0 aliphatic heterocycles. The maximum Gasteiger partial charge on any atom is 0.240 e. The second-order valence-electron chi connectivity index (χ2n) is 4.06. The lowest BCUT2D eigenvalue weighted by atomic mass is 10.0. The van der Waals surface area contributed by atoms with Crippen molar-refractivity contribution < 1.29 is 12.8 Å². The first-order valence-corrected chi connectivity index (χ1v) is 7.82. The molecule has 0 aliphatic carbocycles. The van der Waals surface area contributed by atoms with Gasteiger partial charge in [-0.1, -0.05) is 13.3 Å². The fraction of sp³-hybridized carbons (Fsp3) is 0.500. The van der Waals surface area contributed by atoms with Crippen LogP contribution in [0.3, 0.4) is 0 Å². The number of benzene rings is 1. The Kier molecular flexibility index (Phi) is 6.05. The zero-order valence-electron chi connectivity index (χ0n) is 10.2. The highest BCUT2D eigenvalue weighted by atomic mass is 35.5. The molecule has 0 aliphatic rings. The van der Waals surface area contributed by atoms with Crippen LogP contribution in [-0.4, -0.2) is 20.8 Å². The van der Waals surface area contributed by atoms with Gasteiger partial charge in [0.15, 0.2) is 0 Å². The summed E-state index contributed by atoms with van der Waals surface area (Å²) in [6, 6.07) is 4.76. The number of nitrogens with one attached hydrogen (secondary N) is 1. The lowest BCUT2D eigenvalue weighted by molar-refractivity contribution is 0.481. The van der Waals surface area contributed by atoms with Crippen LogP contribution >= 0.6 is 11.6 Å². The SMILES string of the molecule is CCC(CCCl)CNS(=O)(=O)c1ccc(F)cc1. The molecule has 6 heteroatoms. The Hall–Kier alpha value is -0.650. The second kappa shape index (κ2) is 7.07. The van der Waals surface area contributed by atoms with E-state index in [1.54, 1.807) is 0 Å². The number of rotatable bonds is 7. The van der Waals surface area contributed by atoms with Crippen molar-refractivity contribution >= 4 is 21.6 Å². The number of halogens is 2. The highest BCUT2D eigenvalue weighted by molar-refractivity contribution is 7.89. The molecular weight excluding hydrogens is 277 g/mol. The van der Waals surface area contributed by atoms with Crippen molar-refractivity contribution in [1.29, 1.82) is 0 Å². The molecule has 1 aromatic carbocycles. The van der Waals surface area contributed by atoms with Crippen molar-refractivity contribution in [3.8, 4) is 0 Å². The molecule has 18 heavy (non-hydrogen) atoms. The van der Waals surface area contributed by atoms with Gasteiger partial charge < -0.3 is 0 Å². The predicted molar refractivity (Wildman–Crippen MR) is 70.7 cm³/mol. The Morgan fingerprint density at radius 2 is 1.94 bits per heavy atom. The van der Waals surface area contributed by atoms with E-state index in [-0.39, 0.29) is 10.8 Å². The van der Waals surface area contributed by atoms with E-state index in [4.69, 9.17) is 11.6 Å². The Labute approximate surface area is 112 Å². The highest BCUT2D eigenvalue weighted by Gasteiger charge is 2.15. The Morgan fingerprint density at radius 1 is 1.33 bits per heavy atom. The molecule has 0 saturated carbocycles. The quantitative estimate of drug-likeness (QED) is 0.786. The molecule has 1 aromatic rings. The van der Waals surface area contributed by atoms with Crippen molar-refractivity contribution in [1.82, 2.24) is 4.72 Å². The molecule has 3 nitrogen and oxygen atoms in total. The molecule has 0 saturated heterocycles. The maximum absolute atomic E-state index is 12.7. The van der Waals surface area contributed by atoms with E-state index in [1.165, 1.54) is 12.1 Å².